The molecule has 9 aromatic rings. The van der Waals surface area contributed by atoms with Crippen molar-refractivity contribution in [2.24, 2.45) is 0 Å². The van der Waals surface area contributed by atoms with Crippen molar-refractivity contribution >= 4 is 39.4 Å². The molecule has 3 heteroatoms. The smallest absolute Gasteiger partial charge is 0.135 e. The summed E-state index contributed by atoms with van der Waals surface area (Å²) in [6.07, 6.45) is 0. The van der Waals surface area contributed by atoms with Crippen LogP contribution in [0.5, 0.6) is 0 Å². The molecule has 0 fully saturated rings. The molecule has 0 amide bonds. The van der Waals surface area contributed by atoms with Crippen molar-refractivity contribution in [3.8, 4) is 22.3 Å². The Labute approximate surface area is 317 Å². The first-order valence-electron chi connectivity index (χ1n) is 18.8. The highest BCUT2D eigenvalue weighted by atomic mass is 32.2. The monoisotopic (exact) mass is 705 g/mol. The summed E-state index contributed by atoms with van der Waals surface area (Å²) in [5.74, 6) is 0. The van der Waals surface area contributed by atoms with E-state index in [1.165, 1.54) is 82.9 Å². The number of nitrogens with one attached hydrogen (secondary N) is 1. The zero-order valence-corrected chi connectivity index (χ0v) is 30.0. The number of thioether (sulfide) groups is 1. The second-order valence-electron chi connectivity index (χ2n) is 15.1. The zero-order valence-electron chi connectivity index (χ0n) is 29.1. The van der Waals surface area contributed by atoms with E-state index in [9.17, 15) is 0 Å². The van der Waals surface area contributed by atoms with E-state index < -0.39 is 10.8 Å². The van der Waals surface area contributed by atoms with Gasteiger partial charge in [0.2, 0.25) is 0 Å². The van der Waals surface area contributed by atoms with Crippen LogP contribution in [0.1, 0.15) is 55.4 Å². The Balaban J connectivity index is 1.18. The summed E-state index contributed by atoms with van der Waals surface area (Å²) < 4.78 is 6.70. The number of fused-ring (bicyclic) bond motifs is 20. The Morgan fingerprint density at radius 3 is 1.63 bits per heavy atom. The highest BCUT2D eigenvalue weighted by Gasteiger charge is 2.59. The zero-order chi connectivity index (χ0) is 35.2. The molecule has 54 heavy (non-hydrogen) atoms. The Bertz CT molecular complexity index is 2980. The summed E-state index contributed by atoms with van der Waals surface area (Å²) in [6.45, 7) is 0. The summed E-state index contributed by atoms with van der Waals surface area (Å²) in [6, 6.07) is 66.0. The second-order valence-corrected chi connectivity index (χ2v) is 16.3. The number of furan rings is 1. The third-order valence-electron chi connectivity index (χ3n) is 12.8. The molecule has 1 unspecified atom stereocenters. The van der Waals surface area contributed by atoms with E-state index >= 15 is 0 Å². The Morgan fingerprint density at radius 1 is 0.407 bits per heavy atom. The van der Waals surface area contributed by atoms with Crippen molar-refractivity contribution in [2.75, 3.05) is 5.32 Å². The first-order chi connectivity index (χ1) is 26.8. The van der Waals surface area contributed by atoms with Crippen molar-refractivity contribution in [1.29, 1.82) is 0 Å². The minimum atomic E-state index is -0.588. The molecule has 2 nitrogen and oxygen atoms in total. The Hall–Kier alpha value is -6.29. The predicted molar refractivity (Wildman–Crippen MR) is 221 cm³/mol. The fourth-order valence-corrected chi connectivity index (χ4v) is 12.0. The van der Waals surface area contributed by atoms with E-state index in [0.29, 0.717) is 0 Å². The van der Waals surface area contributed by atoms with Gasteiger partial charge in [-0.3, -0.25) is 0 Å². The van der Waals surface area contributed by atoms with Gasteiger partial charge >= 0.3 is 0 Å². The molecule has 2 spiro atoms. The summed E-state index contributed by atoms with van der Waals surface area (Å²) in [5, 5.41) is 6.27. The van der Waals surface area contributed by atoms with E-state index in [4.69, 9.17) is 4.42 Å². The van der Waals surface area contributed by atoms with Crippen LogP contribution >= 0.6 is 11.8 Å². The molecule has 3 aliphatic carbocycles. The van der Waals surface area contributed by atoms with E-state index in [-0.39, 0.29) is 5.37 Å². The van der Waals surface area contributed by atoms with Crippen LogP contribution in [-0.4, -0.2) is 0 Å². The van der Waals surface area contributed by atoms with Gasteiger partial charge in [0.05, 0.1) is 10.8 Å². The number of para-hydroxylation sites is 2. The van der Waals surface area contributed by atoms with Crippen LogP contribution in [0.4, 0.5) is 5.69 Å². The number of rotatable bonds is 1. The molecule has 0 saturated carbocycles. The summed E-state index contributed by atoms with van der Waals surface area (Å²) in [5.41, 5.74) is 19.1. The van der Waals surface area contributed by atoms with Crippen LogP contribution in [0.2, 0.25) is 0 Å². The van der Waals surface area contributed by atoms with E-state index in [0.717, 1.165) is 21.9 Å². The van der Waals surface area contributed by atoms with Gasteiger partial charge in [-0.25, -0.2) is 0 Å². The SMILES string of the molecule is c1ccc2c(c1)NC(c1ccc3c(c1)C1(c4cc5oc6ccccc6c5cc4-3)c3ccccc3C3(c4ccccc4-c4ccccc43)c3ccccc31)S2. The average Bonchev–Trinajstić information content (AvgIpc) is 3.97. The van der Waals surface area contributed by atoms with E-state index in [1.807, 2.05) is 11.8 Å². The predicted octanol–water partition coefficient (Wildman–Crippen LogP) is 12.8. The molecule has 0 bridgehead atoms. The van der Waals surface area contributed by atoms with Gasteiger partial charge in [0.1, 0.15) is 16.5 Å². The van der Waals surface area contributed by atoms with Crippen LogP contribution in [0.3, 0.4) is 0 Å². The van der Waals surface area contributed by atoms with Crippen LogP contribution in [0, 0.1) is 0 Å². The van der Waals surface area contributed by atoms with Gasteiger partial charge in [-0.2, -0.15) is 0 Å². The Morgan fingerprint density at radius 2 is 0.944 bits per heavy atom. The van der Waals surface area contributed by atoms with Crippen molar-refractivity contribution in [3.05, 3.63) is 226 Å². The first kappa shape index (κ1) is 29.2. The lowest BCUT2D eigenvalue weighted by molar-refractivity contribution is 0.629. The van der Waals surface area contributed by atoms with Gasteiger partial charge < -0.3 is 9.73 Å². The molecule has 0 radical (unpaired) electrons. The van der Waals surface area contributed by atoms with Gasteiger partial charge in [0.25, 0.3) is 0 Å². The van der Waals surface area contributed by atoms with Crippen molar-refractivity contribution in [2.45, 2.75) is 21.1 Å². The highest BCUT2D eigenvalue weighted by Crippen LogP contribution is 2.68. The lowest BCUT2D eigenvalue weighted by atomic mass is 9.52. The number of hydrogen-bond acceptors (Lipinski definition) is 3. The van der Waals surface area contributed by atoms with Gasteiger partial charge in [-0.05, 0) is 103 Å². The van der Waals surface area contributed by atoms with Crippen molar-refractivity contribution < 1.29 is 4.42 Å². The molecule has 8 aromatic carbocycles. The third-order valence-corrected chi connectivity index (χ3v) is 14.0. The van der Waals surface area contributed by atoms with Crippen LogP contribution in [0.25, 0.3) is 44.2 Å². The Kier molecular flexibility index (Phi) is 5.53. The number of hydrogen-bond donors (Lipinski definition) is 1. The molecule has 1 atom stereocenters. The molecular formula is C51H31NOS. The summed E-state index contributed by atoms with van der Waals surface area (Å²) in [4.78, 5) is 1.29. The van der Waals surface area contributed by atoms with Gasteiger partial charge in [-0.1, -0.05) is 157 Å². The lowest BCUT2D eigenvalue weighted by Crippen LogP contribution is -2.43. The molecule has 1 N–H and O–H groups in total. The summed E-state index contributed by atoms with van der Waals surface area (Å²) >= 11 is 1.90. The first-order valence-corrected chi connectivity index (χ1v) is 19.7. The standard InChI is InChI=1S/C51H31NOS/c1-4-16-37-31(13-1)32-14-2-5-17-38(32)50(37)39-18-6-8-20-41(39)51(42-21-9-7-19-40(42)50)43-27-30(49-52-45-22-10-12-24-48(45)54-49)25-26-33(43)35-28-36-34-15-3-11-23-46(34)53-47(36)29-44(35)51/h1-29,49,52H. The van der Waals surface area contributed by atoms with Crippen molar-refractivity contribution in [3.63, 3.8) is 0 Å². The van der Waals surface area contributed by atoms with Gasteiger partial charge in [-0.15, -0.1) is 0 Å². The minimum absolute atomic E-state index is 0.114. The van der Waals surface area contributed by atoms with Crippen LogP contribution in [0.15, 0.2) is 185 Å². The topological polar surface area (TPSA) is 25.2 Å². The maximum atomic E-state index is 6.70. The van der Waals surface area contributed by atoms with Crippen LogP contribution < -0.4 is 5.32 Å². The molecule has 0 saturated heterocycles. The minimum Gasteiger partial charge on any atom is -0.456 e. The van der Waals surface area contributed by atoms with Crippen LogP contribution in [-0.2, 0) is 10.8 Å². The molecule has 13 rings (SSSR count). The second kappa shape index (κ2) is 10.2. The summed E-state index contributed by atoms with van der Waals surface area (Å²) in [7, 11) is 0. The average molecular weight is 706 g/mol. The third kappa shape index (κ3) is 3.37. The molecular weight excluding hydrogens is 675 g/mol. The highest BCUT2D eigenvalue weighted by molar-refractivity contribution is 8.00. The largest absolute Gasteiger partial charge is 0.456 e. The van der Waals surface area contributed by atoms with E-state index in [2.05, 4.69) is 181 Å². The quantitative estimate of drug-likeness (QED) is 0.184. The fourth-order valence-electron chi connectivity index (χ4n) is 10.8. The molecule has 252 valence electrons. The molecule has 1 aliphatic heterocycles. The lowest BCUT2D eigenvalue weighted by Gasteiger charge is -2.48. The number of benzene rings is 8. The van der Waals surface area contributed by atoms with Gasteiger partial charge in [0.15, 0.2) is 0 Å². The normalized spacial score (nSPS) is 17.1. The molecule has 1 aromatic heterocycles. The number of anilines is 1. The maximum absolute atomic E-state index is 6.70. The fraction of sp³-hybridized carbons (Fsp3) is 0.0588. The van der Waals surface area contributed by atoms with E-state index in [1.54, 1.807) is 0 Å². The van der Waals surface area contributed by atoms with Gasteiger partial charge in [0, 0.05) is 21.4 Å². The van der Waals surface area contributed by atoms with Crippen molar-refractivity contribution in [1.82, 2.24) is 0 Å². The molecule has 4 aliphatic rings. The maximum Gasteiger partial charge on any atom is 0.135 e. The molecule has 2 heterocycles.